The molecule has 1 N–H and O–H groups in total. The second-order valence-electron chi connectivity index (χ2n) is 2.17. The van der Waals surface area contributed by atoms with Crippen LogP contribution in [0.25, 0.3) is 0 Å². The zero-order valence-electron chi connectivity index (χ0n) is 7.01. The first-order valence-electron chi connectivity index (χ1n) is 3.51. The standard InChI is InChI=1S/C7H13NO3/c1-4-11-7(10)5(2)8-6(3)9/h5H,4H2,1-3H3,(H,8,9). The second kappa shape index (κ2) is 4.71. The Morgan fingerprint density at radius 3 is 2.45 bits per heavy atom. The summed E-state index contributed by atoms with van der Waals surface area (Å²) in [5.74, 6) is -0.631. The Bertz CT molecular complexity index is 156. The van der Waals surface area contributed by atoms with Gasteiger partial charge in [0.25, 0.3) is 0 Å². The van der Waals surface area contributed by atoms with Crippen LogP contribution in [-0.4, -0.2) is 24.5 Å². The number of hydrogen-bond acceptors (Lipinski definition) is 3. The van der Waals surface area contributed by atoms with E-state index in [-0.39, 0.29) is 5.91 Å². The molecule has 0 aliphatic rings. The molecule has 0 rings (SSSR count). The maximum atomic E-state index is 10.8. The zero-order chi connectivity index (χ0) is 8.85. The van der Waals surface area contributed by atoms with Crippen molar-refractivity contribution in [2.24, 2.45) is 0 Å². The zero-order valence-corrected chi connectivity index (χ0v) is 7.01. The largest absolute Gasteiger partial charge is 0.464 e. The van der Waals surface area contributed by atoms with E-state index in [4.69, 9.17) is 0 Å². The van der Waals surface area contributed by atoms with Gasteiger partial charge < -0.3 is 10.1 Å². The van der Waals surface area contributed by atoms with Crippen LogP contribution in [0.15, 0.2) is 0 Å². The average molecular weight is 159 g/mol. The molecule has 64 valence electrons. The molecule has 0 aromatic heterocycles. The lowest BCUT2D eigenvalue weighted by Gasteiger charge is -2.09. The summed E-state index contributed by atoms with van der Waals surface area (Å²) in [5, 5.41) is 2.41. The molecule has 0 aromatic rings. The van der Waals surface area contributed by atoms with Crippen LogP contribution >= 0.6 is 0 Å². The molecular formula is C7H13NO3. The van der Waals surface area contributed by atoms with Crippen LogP contribution in [0.3, 0.4) is 0 Å². The molecule has 1 amide bonds. The van der Waals surface area contributed by atoms with E-state index in [1.807, 2.05) is 0 Å². The molecule has 0 aromatic carbocycles. The molecule has 0 saturated heterocycles. The third kappa shape index (κ3) is 4.36. The fourth-order valence-corrected chi connectivity index (χ4v) is 0.631. The van der Waals surface area contributed by atoms with E-state index >= 15 is 0 Å². The first-order valence-corrected chi connectivity index (χ1v) is 3.51. The van der Waals surface area contributed by atoms with Crippen molar-refractivity contribution in [1.82, 2.24) is 5.32 Å². The van der Waals surface area contributed by atoms with E-state index in [1.165, 1.54) is 6.92 Å². The van der Waals surface area contributed by atoms with E-state index in [2.05, 4.69) is 10.1 Å². The number of carbonyl (C=O) groups is 2. The first-order chi connectivity index (χ1) is 5.07. The normalized spacial score (nSPS) is 11.9. The highest BCUT2D eigenvalue weighted by Crippen LogP contribution is 1.86. The first kappa shape index (κ1) is 9.94. The van der Waals surface area contributed by atoms with E-state index < -0.39 is 12.0 Å². The van der Waals surface area contributed by atoms with Crippen molar-refractivity contribution in [1.29, 1.82) is 0 Å². The van der Waals surface area contributed by atoms with Gasteiger partial charge in [-0.2, -0.15) is 0 Å². The predicted octanol–water partition coefficient (Wildman–Crippen LogP) is 0.0741. The topological polar surface area (TPSA) is 55.4 Å². The Balaban J connectivity index is 3.73. The minimum atomic E-state index is -0.549. The molecule has 0 aliphatic heterocycles. The number of esters is 1. The number of amides is 1. The fourth-order valence-electron chi connectivity index (χ4n) is 0.631. The minimum Gasteiger partial charge on any atom is -0.464 e. The van der Waals surface area contributed by atoms with E-state index in [9.17, 15) is 9.59 Å². The summed E-state index contributed by atoms with van der Waals surface area (Å²) in [6.07, 6.45) is 0. The van der Waals surface area contributed by atoms with Crippen molar-refractivity contribution in [2.75, 3.05) is 6.61 Å². The highest BCUT2D eigenvalue weighted by atomic mass is 16.5. The quantitative estimate of drug-likeness (QED) is 0.593. The minimum absolute atomic E-state index is 0.231. The fraction of sp³-hybridized carbons (Fsp3) is 0.714. The summed E-state index contributed by atoms with van der Waals surface area (Å²) < 4.78 is 4.65. The van der Waals surface area contributed by atoms with Gasteiger partial charge in [-0.3, -0.25) is 4.79 Å². The highest BCUT2D eigenvalue weighted by molar-refractivity contribution is 5.82. The van der Waals surface area contributed by atoms with E-state index in [0.717, 1.165) is 0 Å². The van der Waals surface area contributed by atoms with Gasteiger partial charge in [0, 0.05) is 6.92 Å². The molecule has 11 heavy (non-hydrogen) atoms. The number of carbonyl (C=O) groups excluding carboxylic acids is 2. The molecular weight excluding hydrogens is 146 g/mol. The Morgan fingerprint density at radius 2 is 2.09 bits per heavy atom. The van der Waals surface area contributed by atoms with Gasteiger partial charge in [0.2, 0.25) is 5.91 Å². The molecule has 0 saturated carbocycles. The van der Waals surface area contributed by atoms with Gasteiger partial charge in [-0.25, -0.2) is 4.79 Å². The predicted molar refractivity (Wildman–Crippen MR) is 39.9 cm³/mol. The lowest BCUT2D eigenvalue weighted by molar-refractivity contribution is -0.146. The van der Waals surface area contributed by atoms with Crippen molar-refractivity contribution in [2.45, 2.75) is 26.8 Å². The smallest absolute Gasteiger partial charge is 0.328 e. The third-order valence-electron chi connectivity index (χ3n) is 1.06. The van der Waals surface area contributed by atoms with Crippen LogP contribution in [0.2, 0.25) is 0 Å². The molecule has 0 aliphatic carbocycles. The van der Waals surface area contributed by atoms with Gasteiger partial charge in [0.1, 0.15) is 6.04 Å². The maximum Gasteiger partial charge on any atom is 0.328 e. The number of hydrogen-bond donors (Lipinski definition) is 1. The highest BCUT2D eigenvalue weighted by Gasteiger charge is 2.13. The molecule has 0 fully saturated rings. The number of ether oxygens (including phenoxy) is 1. The van der Waals surface area contributed by atoms with Crippen molar-refractivity contribution >= 4 is 11.9 Å². The van der Waals surface area contributed by atoms with Crippen LogP contribution in [0.1, 0.15) is 20.8 Å². The summed E-state index contributed by atoms with van der Waals surface area (Å²) in [7, 11) is 0. The van der Waals surface area contributed by atoms with Crippen LogP contribution in [0, 0.1) is 0 Å². The van der Waals surface area contributed by atoms with Crippen LogP contribution in [-0.2, 0) is 14.3 Å². The van der Waals surface area contributed by atoms with Gasteiger partial charge >= 0.3 is 5.97 Å². The SMILES string of the molecule is CCOC(=O)C(C)NC(C)=O. The summed E-state index contributed by atoms with van der Waals surface area (Å²) >= 11 is 0. The summed E-state index contributed by atoms with van der Waals surface area (Å²) in [6.45, 7) is 5.00. The Kier molecular flexibility index (Phi) is 4.26. The van der Waals surface area contributed by atoms with Crippen LogP contribution in [0.5, 0.6) is 0 Å². The van der Waals surface area contributed by atoms with Crippen molar-refractivity contribution < 1.29 is 14.3 Å². The van der Waals surface area contributed by atoms with Crippen molar-refractivity contribution in [3.05, 3.63) is 0 Å². The summed E-state index contributed by atoms with van der Waals surface area (Å²) in [6, 6.07) is -0.549. The number of nitrogens with one attached hydrogen (secondary N) is 1. The maximum absolute atomic E-state index is 10.8. The van der Waals surface area contributed by atoms with Gasteiger partial charge in [-0.1, -0.05) is 0 Å². The van der Waals surface area contributed by atoms with Gasteiger partial charge in [0.05, 0.1) is 6.61 Å². The number of rotatable bonds is 3. The summed E-state index contributed by atoms with van der Waals surface area (Å²) in [5.41, 5.74) is 0. The molecule has 1 atom stereocenters. The third-order valence-corrected chi connectivity index (χ3v) is 1.06. The van der Waals surface area contributed by atoms with Gasteiger partial charge in [-0.15, -0.1) is 0 Å². The Labute approximate surface area is 65.9 Å². The molecule has 0 bridgehead atoms. The molecule has 1 unspecified atom stereocenters. The molecule has 4 nitrogen and oxygen atoms in total. The van der Waals surface area contributed by atoms with Crippen LogP contribution < -0.4 is 5.32 Å². The second-order valence-corrected chi connectivity index (χ2v) is 2.17. The molecule has 4 heteroatoms. The Hall–Kier alpha value is -1.06. The van der Waals surface area contributed by atoms with Crippen LogP contribution in [0.4, 0.5) is 0 Å². The molecule has 0 heterocycles. The Morgan fingerprint density at radius 1 is 1.55 bits per heavy atom. The summed E-state index contributed by atoms with van der Waals surface area (Å²) in [4.78, 5) is 21.3. The molecule has 0 spiro atoms. The molecule has 0 radical (unpaired) electrons. The van der Waals surface area contributed by atoms with E-state index in [0.29, 0.717) is 6.61 Å². The average Bonchev–Trinajstić information content (AvgIpc) is 1.86. The van der Waals surface area contributed by atoms with Gasteiger partial charge in [-0.05, 0) is 13.8 Å². The lowest BCUT2D eigenvalue weighted by atomic mass is 10.3. The van der Waals surface area contributed by atoms with Gasteiger partial charge in [0.15, 0.2) is 0 Å². The van der Waals surface area contributed by atoms with Crippen molar-refractivity contribution in [3.8, 4) is 0 Å². The monoisotopic (exact) mass is 159 g/mol. The lowest BCUT2D eigenvalue weighted by Crippen LogP contribution is -2.38. The van der Waals surface area contributed by atoms with Crippen molar-refractivity contribution in [3.63, 3.8) is 0 Å². The van der Waals surface area contributed by atoms with E-state index in [1.54, 1.807) is 13.8 Å².